The van der Waals surface area contributed by atoms with Gasteiger partial charge in [0, 0.05) is 12.1 Å². The minimum Gasteiger partial charge on any atom is -0.465 e. The average Bonchev–Trinajstić information content (AvgIpc) is 2.74. The number of methoxy groups -OCH3 is 1. The third kappa shape index (κ3) is 4.10. The van der Waals surface area contributed by atoms with E-state index in [4.69, 9.17) is 32.7 Å². The molecule has 0 N–H and O–H groups in total. The van der Waals surface area contributed by atoms with Crippen LogP contribution < -0.4 is 10.2 Å². The summed E-state index contributed by atoms with van der Waals surface area (Å²) >= 11 is 15.4. The molecule has 0 saturated heterocycles. The van der Waals surface area contributed by atoms with Gasteiger partial charge in [0.05, 0.1) is 22.8 Å². The minimum absolute atomic E-state index is 0.0290. The fourth-order valence-electron chi connectivity index (χ4n) is 2.94. The van der Waals surface area contributed by atoms with Gasteiger partial charge in [0.2, 0.25) is 11.3 Å². The normalized spacial score (nSPS) is 10.7. The van der Waals surface area contributed by atoms with E-state index in [1.807, 2.05) is 0 Å². The Morgan fingerprint density at radius 1 is 1.17 bits per heavy atom. The topological polar surface area (TPSA) is 57.5 Å². The van der Waals surface area contributed by atoms with Gasteiger partial charge in [-0.3, -0.25) is 4.79 Å². The van der Waals surface area contributed by atoms with Crippen molar-refractivity contribution in [2.24, 2.45) is 0 Å². The van der Waals surface area contributed by atoms with Gasteiger partial charge in [0.25, 0.3) is 0 Å². The maximum Gasteiger partial charge on any atom is 0.344 e. The summed E-state index contributed by atoms with van der Waals surface area (Å²) in [6.07, 6.45) is 0. The van der Waals surface area contributed by atoms with E-state index in [0.717, 1.165) is 0 Å². The smallest absolute Gasteiger partial charge is 0.344 e. The number of carbonyl (C=O) groups is 1. The third-order valence-electron chi connectivity index (χ3n) is 4.31. The Balaban J connectivity index is 2.39. The first-order chi connectivity index (χ1) is 14.3. The second-order valence-corrected chi connectivity index (χ2v) is 7.68. The van der Waals surface area contributed by atoms with Crippen molar-refractivity contribution in [1.29, 1.82) is 0 Å². The van der Waals surface area contributed by atoms with Gasteiger partial charge in [-0.15, -0.1) is 0 Å². The highest BCUT2D eigenvalue weighted by Gasteiger charge is 2.28. The number of halogens is 4. The summed E-state index contributed by atoms with van der Waals surface area (Å²) in [5, 5.41) is 0.546. The second-order valence-electron chi connectivity index (χ2n) is 6.07. The highest BCUT2D eigenvalue weighted by atomic mass is 79.9. The maximum atomic E-state index is 14.2. The Labute approximate surface area is 190 Å². The fourth-order valence-corrected chi connectivity index (χ4v) is 3.73. The summed E-state index contributed by atoms with van der Waals surface area (Å²) in [7, 11) is 1.17. The van der Waals surface area contributed by atoms with Crippen molar-refractivity contribution < 1.29 is 18.7 Å². The predicted octanol–water partition coefficient (Wildman–Crippen LogP) is 6.32. The molecule has 156 valence electrons. The van der Waals surface area contributed by atoms with E-state index in [-0.39, 0.29) is 38.9 Å². The van der Waals surface area contributed by atoms with Crippen molar-refractivity contribution in [3.8, 4) is 22.9 Å². The Hall–Kier alpha value is -2.35. The average molecular weight is 515 g/mol. The molecule has 0 fully saturated rings. The molecule has 1 aromatic heterocycles. The molecule has 0 amide bonds. The molecule has 0 bridgehead atoms. The molecule has 5 nitrogen and oxygen atoms in total. The summed E-state index contributed by atoms with van der Waals surface area (Å²) in [5.41, 5.74) is -0.235. The van der Waals surface area contributed by atoms with Crippen molar-refractivity contribution in [2.45, 2.75) is 13.5 Å². The molecule has 9 heteroatoms. The van der Waals surface area contributed by atoms with Gasteiger partial charge in [-0.2, -0.15) is 0 Å². The number of hydrogen-bond donors (Lipinski definition) is 0. The lowest BCUT2D eigenvalue weighted by Gasteiger charge is -2.21. The van der Waals surface area contributed by atoms with Crippen LogP contribution >= 0.6 is 39.1 Å². The Bertz CT molecular complexity index is 1200. The van der Waals surface area contributed by atoms with Crippen molar-refractivity contribution in [1.82, 2.24) is 4.57 Å². The molecule has 2 aromatic carbocycles. The van der Waals surface area contributed by atoms with Gasteiger partial charge < -0.3 is 14.0 Å². The molecule has 0 saturated carbocycles. The van der Waals surface area contributed by atoms with Gasteiger partial charge in [0.1, 0.15) is 10.0 Å². The molecule has 3 aromatic rings. The lowest BCUT2D eigenvalue weighted by molar-refractivity contribution is 0.0599. The molecule has 3 rings (SSSR count). The summed E-state index contributed by atoms with van der Waals surface area (Å²) < 4.78 is 26.3. The van der Waals surface area contributed by atoms with Crippen LogP contribution in [0.4, 0.5) is 4.39 Å². The lowest BCUT2D eigenvalue weighted by atomic mass is 10.0. The number of hydrogen-bond acceptors (Lipinski definition) is 4. The van der Waals surface area contributed by atoms with E-state index in [2.05, 4.69) is 15.9 Å². The molecule has 1 heterocycles. The Morgan fingerprint density at radius 3 is 2.47 bits per heavy atom. The first-order valence-electron chi connectivity index (χ1n) is 8.72. The molecular formula is C21H15BrCl2FNO4. The summed E-state index contributed by atoms with van der Waals surface area (Å²) in [6, 6.07) is 10.5. The van der Waals surface area contributed by atoms with Crippen LogP contribution in [0.15, 0.2) is 51.7 Å². The number of para-hydroxylation sites is 1. The molecule has 0 atom stereocenters. The van der Waals surface area contributed by atoms with Crippen LogP contribution in [-0.4, -0.2) is 17.6 Å². The number of ether oxygens (including phenoxy) is 2. The van der Waals surface area contributed by atoms with E-state index < -0.39 is 17.2 Å². The van der Waals surface area contributed by atoms with Crippen molar-refractivity contribution in [3.63, 3.8) is 0 Å². The standard InChI is InChI=1S/C21H15BrCl2FNO4/c1-3-26-18(11-8-9-12(23)13(24)10-11)16(21(28)29-2)19(27)17(22)20(26)30-15-7-5-4-6-14(15)25/h4-10H,3H2,1-2H3. The van der Waals surface area contributed by atoms with Gasteiger partial charge in [-0.1, -0.05) is 41.4 Å². The molecular weight excluding hydrogens is 500 g/mol. The van der Waals surface area contributed by atoms with E-state index >= 15 is 0 Å². The van der Waals surface area contributed by atoms with E-state index in [9.17, 15) is 14.0 Å². The van der Waals surface area contributed by atoms with Crippen LogP contribution in [0.3, 0.4) is 0 Å². The highest BCUT2D eigenvalue weighted by Crippen LogP contribution is 2.37. The van der Waals surface area contributed by atoms with Crippen molar-refractivity contribution in [2.75, 3.05) is 7.11 Å². The summed E-state index contributed by atoms with van der Waals surface area (Å²) in [6.45, 7) is 2.06. The SMILES string of the molecule is CCn1c(Oc2ccccc2F)c(Br)c(=O)c(C(=O)OC)c1-c1ccc(Cl)c(Cl)c1. The third-order valence-corrected chi connectivity index (χ3v) is 5.75. The van der Waals surface area contributed by atoms with Gasteiger partial charge in [0.15, 0.2) is 11.6 Å². The van der Waals surface area contributed by atoms with Crippen molar-refractivity contribution >= 4 is 45.1 Å². The zero-order chi connectivity index (χ0) is 22.0. The van der Waals surface area contributed by atoms with E-state index in [1.165, 1.54) is 31.4 Å². The number of pyridine rings is 1. The summed E-state index contributed by atoms with van der Waals surface area (Å²) in [5.74, 6) is -1.49. The quantitative estimate of drug-likeness (QED) is 0.374. The first kappa shape index (κ1) is 22.3. The molecule has 30 heavy (non-hydrogen) atoms. The number of rotatable bonds is 5. The number of esters is 1. The fraction of sp³-hybridized carbons (Fsp3) is 0.143. The van der Waals surface area contributed by atoms with Gasteiger partial charge in [-0.25, -0.2) is 9.18 Å². The minimum atomic E-state index is -0.832. The molecule has 0 unspecified atom stereocenters. The zero-order valence-electron chi connectivity index (χ0n) is 15.8. The number of carbonyl (C=O) groups excluding carboxylic acids is 1. The van der Waals surface area contributed by atoms with E-state index in [0.29, 0.717) is 10.6 Å². The molecule has 0 radical (unpaired) electrons. The summed E-state index contributed by atoms with van der Waals surface area (Å²) in [4.78, 5) is 25.6. The van der Waals surface area contributed by atoms with Crippen LogP contribution in [0, 0.1) is 5.82 Å². The highest BCUT2D eigenvalue weighted by molar-refractivity contribution is 9.10. The number of aromatic nitrogens is 1. The molecule has 0 aliphatic rings. The van der Waals surface area contributed by atoms with Crippen molar-refractivity contribution in [3.05, 3.63) is 78.6 Å². The van der Waals surface area contributed by atoms with E-state index in [1.54, 1.807) is 29.7 Å². The Kier molecular flexibility index (Phi) is 6.85. The van der Waals surface area contributed by atoms with Crippen LogP contribution in [-0.2, 0) is 11.3 Å². The van der Waals surface area contributed by atoms with Crippen LogP contribution in [0.1, 0.15) is 17.3 Å². The number of benzene rings is 2. The first-order valence-corrected chi connectivity index (χ1v) is 10.3. The predicted molar refractivity (Wildman–Crippen MR) is 117 cm³/mol. The van der Waals surface area contributed by atoms with Gasteiger partial charge in [-0.05, 0) is 47.1 Å². The Morgan fingerprint density at radius 2 is 1.87 bits per heavy atom. The lowest BCUT2D eigenvalue weighted by Crippen LogP contribution is -2.24. The zero-order valence-corrected chi connectivity index (χ0v) is 18.9. The van der Waals surface area contributed by atoms with Crippen LogP contribution in [0.5, 0.6) is 11.6 Å². The molecule has 0 aliphatic carbocycles. The second kappa shape index (κ2) is 9.20. The van der Waals surface area contributed by atoms with Gasteiger partial charge >= 0.3 is 5.97 Å². The maximum absolute atomic E-state index is 14.2. The molecule has 0 spiro atoms. The van der Waals surface area contributed by atoms with Crippen LogP contribution in [0.25, 0.3) is 11.3 Å². The monoisotopic (exact) mass is 513 g/mol. The molecule has 0 aliphatic heterocycles. The largest absolute Gasteiger partial charge is 0.465 e. The number of nitrogens with zero attached hydrogens (tertiary/aromatic N) is 1. The van der Waals surface area contributed by atoms with Crippen LogP contribution in [0.2, 0.25) is 10.0 Å².